The largest absolute Gasteiger partial charge is 0.497 e. The van der Waals surface area contributed by atoms with Crippen LogP contribution in [0.15, 0.2) is 46.2 Å². The second-order valence-electron chi connectivity index (χ2n) is 4.37. The molecule has 0 atom stereocenters. The molecule has 112 valence electrons. The fourth-order valence-electron chi connectivity index (χ4n) is 1.93. The molecule has 0 saturated carbocycles. The summed E-state index contributed by atoms with van der Waals surface area (Å²) in [5.74, 6) is 1.42. The minimum Gasteiger partial charge on any atom is -0.497 e. The molecule has 5 heteroatoms. The Morgan fingerprint density at radius 3 is 1.57 bits per heavy atom. The van der Waals surface area contributed by atoms with Crippen molar-refractivity contribution in [3.8, 4) is 11.5 Å². The molecule has 0 heterocycles. The maximum atomic E-state index is 9.49. The van der Waals surface area contributed by atoms with Gasteiger partial charge in [0.05, 0.1) is 27.4 Å². The van der Waals surface area contributed by atoms with Gasteiger partial charge in [0.2, 0.25) is 0 Å². The third kappa shape index (κ3) is 3.69. The molecular formula is C16H18O4S. The number of methoxy groups -OCH3 is 2. The highest BCUT2D eigenvalue weighted by Crippen LogP contribution is 2.36. The van der Waals surface area contributed by atoms with Gasteiger partial charge in [0.25, 0.3) is 0 Å². The van der Waals surface area contributed by atoms with Crippen molar-refractivity contribution in [2.24, 2.45) is 0 Å². The van der Waals surface area contributed by atoms with Crippen LogP contribution in [0.25, 0.3) is 0 Å². The molecule has 0 fully saturated rings. The van der Waals surface area contributed by atoms with Gasteiger partial charge in [-0.05, 0) is 47.5 Å². The predicted molar refractivity (Wildman–Crippen MR) is 82.0 cm³/mol. The summed E-state index contributed by atoms with van der Waals surface area (Å²) in [6.07, 6.45) is 0. The van der Waals surface area contributed by atoms with E-state index in [1.54, 1.807) is 14.2 Å². The Balaban J connectivity index is 2.33. The van der Waals surface area contributed by atoms with E-state index < -0.39 is 0 Å². The molecule has 0 saturated heterocycles. The lowest BCUT2D eigenvalue weighted by molar-refractivity contribution is 0.277. The molecule has 0 spiro atoms. The monoisotopic (exact) mass is 306 g/mol. The first kappa shape index (κ1) is 15.7. The number of ether oxygens (including phenoxy) is 2. The molecule has 0 unspecified atom stereocenters. The van der Waals surface area contributed by atoms with Gasteiger partial charge in [0.1, 0.15) is 11.5 Å². The molecule has 2 N–H and O–H groups in total. The van der Waals surface area contributed by atoms with Crippen LogP contribution in [-0.4, -0.2) is 24.4 Å². The number of rotatable bonds is 6. The standard InChI is InChI=1S/C16H18O4S/c1-19-13-3-5-15(11(7-13)9-17)21-16-6-4-14(20-2)8-12(16)10-18/h3-8,17-18H,9-10H2,1-2H3. The van der Waals surface area contributed by atoms with Crippen molar-refractivity contribution >= 4 is 11.8 Å². The van der Waals surface area contributed by atoms with Crippen molar-refractivity contribution in [1.29, 1.82) is 0 Å². The van der Waals surface area contributed by atoms with E-state index in [0.29, 0.717) is 11.5 Å². The van der Waals surface area contributed by atoms with E-state index in [2.05, 4.69) is 0 Å². The highest BCUT2D eigenvalue weighted by molar-refractivity contribution is 7.99. The minimum absolute atomic E-state index is 0.0653. The number of hydrogen-bond acceptors (Lipinski definition) is 5. The number of hydrogen-bond donors (Lipinski definition) is 2. The second kappa shape index (κ2) is 7.36. The minimum atomic E-state index is -0.0653. The molecule has 0 radical (unpaired) electrons. The summed E-state index contributed by atoms with van der Waals surface area (Å²) < 4.78 is 10.3. The molecule has 2 aromatic carbocycles. The zero-order chi connectivity index (χ0) is 15.2. The van der Waals surface area contributed by atoms with Crippen LogP contribution in [0.1, 0.15) is 11.1 Å². The number of aliphatic hydroxyl groups excluding tert-OH is 2. The molecule has 2 aromatic rings. The average Bonchev–Trinajstić information content (AvgIpc) is 2.55. The van der Waals surface area contributed by atoms with Crippen LogP contribution in [0.4, 0.5) is 0 Å². The van der Waals surface area contributed by atoms with Crippen LogP contribution >= 0.6 is 11.8 Å². The van der Waals surface area contributed by atoms with Gasteiger partial charge in [0.15, 0.2) is 0 Å². The van der Waals surface area contributed by atoms with Crippen molar-refractivity contribution in [1.82, 2.24) is 0 Å². The van der Waals surface area contributed by atoms with Crippen molar-refractivity contribution in [3.05, 3.63) is 47.5 Å². The van der Waals surface area contributed by atoms with Crippen LogP contribution in [0, 0.1) is 0 Å². The highest BCUT2D eigenvalue weighted by atomic mass is 32.2. The van der Waals surface area contributed by atoms with Gasteiger partial charge in [-0.1, -0.05) is 11.8 Å². The van der Waals surface area contributed by atoms with E-state index >= 15 is 0 Å². The normalized spacial score (nSPS) is 10.5. The number of aliphatic hydroxyl groups is 2. The molecule has 0 aliphatic rings. The summed E-state index contributed by atoms with van der Waals surface area (Å²) in [6, 6.07) is 11.1. The lowest BCUT2D eigenvalue weighted by Crippen LogP contribution is -1.93. The smallest absolute Gasteiger partial charge is 0.119 e. The molecule has 0 aromatic heterocycles. The molecule has 0 bridgehead atoms. The van der Waals surface area contributed by atoms with Gasteiger partial charge in [0, 0.05) is 9.79 Å². The summed E-state index contributed by atoms with van der Waals surface area (Å²) in [5.41, 5.74) is 1.58. The zero-order valence-corrected chi connectivity index (χ0v) is 12.8. The van der Waals surface area contributed by atoms with E-state index in [0.717, 1.165) is 20.9 Å². The van der Waals surface area contributed by atoms with Crippen LogP contribution < -0.4 is 9.47 Å². The van der Waals surface area contributed by atoms with E-state index in [9.17, 15) is 10.2 Å². The van der Waals surface area contributed by atoms with Crippen molar-refractivity contribution in [2.45, 2.75) is 23.0 Å². The van der Waals surface area contributed by atoms with Crippen molar-refractivity contribution in [3.63, 3.8) is 0 Å². The average molecular weight is 306 g/mol. The second-order valence-corrected chi connectivity index (χ2v) is 5.45. The molecule has 4 nitrogen and oxygen atoms in total. The Morgan fingerprint density at radius 1 is 0.810 bits per heavy atom. The van der Waals surface area contributed by atoms with Crippen LogP contribution in [0.2, 0.25) is 0 Å². The Kier molecular flexibility index (Phi) is 5.50. The molecule has 21 heavy (non-hydrogen) atoms. The molecule has 0 aliphatic heterocycles. The van der Waals surface area contributed by atoms with Gasteiger partial charge >= 0.3 is 0 Å². The van der Waals surface area contributed by atoms with E-state index in [-0.39, 0.29) is 13.2 Å². The van der Waals surface area contributed by atoms with Crippen LogP contribution in [0.3, 0.4) is 0 Å². The Labute approximate surface area is 128 Å². The zero-order valence-electron chi connectivity index (χ0n) is 12.0. The van der Waals surface area contributed by atoms with E-state index in [1.165, 1.54) is 11.8 Å². The molecule has 0 amide bonds. The van der Waals surface area contributed by atoms with Crippen molar-refractivity contribution < 1.29 is 19.7 Å². The number of benzene rings is 2. The summed E-state index contributed by atoms with van der Waals surface area (Å²) in [4.78, 5) is 1.86. The lowest BCUT2D eigenvalue weighted by Gasteiger charge is -2.12. The Hall–Kier alpha value is -1.69. The van der Waals surface area contributed by atoms with Gasteiger partial charge in [-0.15, -0.1) is 0 Å². The maximum absolute atomic E-state index is 9.49. The first-order valence-electron chi connectivity index (χ1n) is 6.45. The van der Waals surface area contributed by atoms with Gasteiger partial charge in [-0.2, -0.15) is 0 Å². The van der Waals surface area contributed by atoms with Gasteiger partial charge < -0.3 is 19.7 Å². The lowest BCUT2D eigenvalue weighted by atomic mass is 10.2. The SMILES string of the molecule is COc1ccc(Sc2ccc(OC)cc2CO)c(CO)c1. The highest BCUT2D eigenvalue weighted by Gasteiger charge is 2.10. The Bertz CT molecular complexity index is 560. The third-order valence-corrected chi connectivity index (χ3v) is 4.33. The van der Waals surface area contributed by atoms with Gasteiger partial charge in [-0.3, -0.25) is 0 Å². The van der Waals surface area contributed by atoms with Crippen LogP contribution in [0.5, 0.6) is 11.5 Å². The van der Waals surface area contributed by atoms with E-state index in [4.69, 9.17) is 9.47 Å². The quantitative estimate of drug-likeness (QED) is 0.859. The molecule has 2 rings (SSSR count). The third-order valence-electron chi connectivity index (χ3n) is 3.10. The first-order valence-corrected chi connectivity index (χ1v) is 7.27. The topological polar surface area (TPSA) is 58.9 Å². The molecular weight excluding hydrogens is 288 g/mol. The summed E-state index contributed by atoms with van der Waals surface area (Å²) in [7, 11) is 3.19. The van der Waals surface area contributed by atoms with Gasteiger partial charge in [-0.25, -0.2) is 0 Å². The Morgan fingerprint density at radius 2 is 1.24 bits per heavy atom. The summed E-state index contributed by atoms with van der Waals surface area (Å²) in [6.45, 7) is -0.131. The fraction of sp³-hybridized carbons (Fsp3) is 0.250. The van der Waals surface area contributed by atoms with Crippen molar-refractivity contribution in [2.75, 3.05) is 14.2 Å². The molecule has 0 aliphatic carbocycles. The summed E-state index contributed by atoms with van der Waals surface area (Å²) >= 11 is 1.50. The first-order chi connectivity index (χ1) is 10.2. The predicted octanol–water partition coefficient (Wildman–Crippen LogP) is 2.84. The van der Waals surface area contributed by atoms with Crippen LogP contribution in [-0.2, 0) is 13.2 Å². The van der Waals surface area contributed by atoms with E-state index in [1.807, 2.05) is 36.4 Å². The fourth-order valence-corrected chi connectivity index (χ4v) is 2.95. The summed E-state index contributed by atoms with van der Waals surface area (Å²) in [5, 5.41) is 19.0. The maximum Gasteiger partial charge on any atom is 0.119 e.